The first kappa shape index (κ1) is 24.0. The Morgan fingerprint density at radius 2 is 2.00 bits per heavy atom. The van der Waals surface area contributed by atoms with Gasteiger partial charge >= 0.3 is 0 Å². The van der Waals surface area contributed by atoms with Crippen LogP contribution >= 0.6 is 0 Å². The van der Waals surface area contributed by atoms with Gasteiger partial charge in [0.2, 0.25) is 0 Å². The first-order valence-electron chi connectivity index (χ1n) is 11.9. The predicted molar refractivity (Wildman–Crippen MR) is 129 cm³/mol. The molecular formula is C26H32FN5O2. The van der Waals surface area contributed by atoms with Crippen LogP contribution in [0.4, 0.5) is 4.39 Å². The van der Waals surface area contributed by atoms with E-state index in [0.717, 1.165) is 60.3 Å². The van der Waals surface area contributed by atoms with E-state index >= 15 is 0 Å². The summed E-state index contributed by atoms with van der Waals surface area (Å²) in [6.07, 6.45) is 6.16. The Balaban J connectivity index is 1.78. The van der Waals surface area contributed by atoms with Crippen LogP contribution in [0.3, 0.4) is 0 Å². The highest BCUT2D eigenvalue weighted by Crippen LogP contribution is 2.27. The van der Waals surface area contributed by atoms with Gasteiger partial charge in [0, 0.05) is 42.9 Å². The number of hydrogen-bond acceptors (Lipinski definition) is 5. The number of rotatable bonds is 10. The van der Waals surface area contributed by atoms with E-state index in [1.807, 2.05) is 19.2 Å². The highest BCUT2D eigenvalue weighted by Gasteiger charge is 2.28. The van der Waals surface area contributed by atoms with Gasteiger partial charge in [0.15, 0.2) is 12.4 Å². The van der Waals surface area contributed by atoms with Crippen molar-refractivity contribution in [1.82, 2.24) is 19.8 Å². The van der Waals surface area contributed by atoms with Crippen LogP contribution in [0.1, 0.15) is 54.0 Å². The number of nitrogens with zero attached hydrogens (tertiary/aromatic N) is 4. The van der Waals surface area contributed by atoms with Crippen molar-refractivity contribution in [3.63, 3.8) is 0 Å². The van der Waals surface area contributed by atoms with E-state index in [0.29, 0.717) is 17.9 Å². The van der Waals surface area contributed by atoms with E-state index in [4.69, 9.17) is 4.98 Å². The van der Waals surface area contributed by atoms with Gasteiger partial charge in [-0.1, -0.05) is 25.1 Å². The molecule has 0 bridgehead atoms. The largest absolute Gasteiger partial charge is 0.619 e. The lowest BCUT2D eigenvalue weighted by atomic mass is 10.1. The van der Waals surface area contributed by atoms with E-state index in [1.54, 1.807) is 22.8 Å². The van der Waals surface area contributed by atoms with Crippen LogP contribution in [0.5, 0.6) is 0 Å². The van der Waals surface area contributed by atoms with Crippen molar-refractivity contribution in [3.8, 4) is 0 Å². The summed E-state index contributed by atoms with van der Waals surface area (Å²) in [7, 11) is 1.91. The summed E-state index contributed by atoms with van der Waals surface area (Å²) < 4.78 is 17.0. The van der Waals surface area contributed by atoms with Crippen LogP contribution in [-0.4, -0.2) is 34.6 Å². The van der Waals surface area contributed by atoms with Gasteiger partial charge in [-0.3, -0.25) is 14.3 Å². The summed E-state index contributed by atoms with van der Waals surface area (Å²) in [6.45, 7) is 4.33. The minimum Gasteiger partial charge on any atom is -0.619 e. The summed E-state index contributed by atoms with van der Waals surface area (Å²) in [5.41, 5.74) is 3.07. The topological polar surface area (TPSA) is 77.1 Å². The van der Waals surface area contributed by atoms with E-state index in [-0.39, 0.29) is 24.0 Å². The minimum atomic E-state index is -0.323. The number of nitrogens with one attached hydrogen (secondary N) is 1. The average Bonchev–Trinajstić information content (AvgIpc) is 3.31. The zero-order chi connectivity index (χ0) is 24.1. The smallest absolute Gasteiger partial charge is 0.257 e. The molecule has 0 saturated carbocycles. The van der Waals surface area contributed by atoms with Crippen molar-refractivity contribution in [2.45, 2.75) is 51.7 Å². The summed E-state index contributed by atoms with van der Waals surface area (Å²) in [4.78, 5) is 20.9. The Kier molecular flexibility index (Phi) is 7.70. The molecule has 7 nitrogen and oxygen atoms in total. The molecule has 0 radical (unpaired) electrons. The zero-order valence-corrected chi connectivity index (χ0v) is 19.8. The fourth-order valence-electron chi connectivity index (χ4n) is 4.74. The number of pyridine rings is 1. The number of likely N-dealkylation sites (N-methyl/N-ethyl adjacent to an activating group) is 1. The molecule has 1 N–H and O–H groups in total. The zero-order valence-electron chi connectivity index (χ0n) is 19.8. The standard InChI is InChI=1S/C26H32FN5O2/c1-3-24(30(16-13-28-2)17-19-11-14-31(34)15-12-19)25-29-23-10-6-8-21(23)26(33)32(25)18-20-7-4-5-9-22(20)27/h4-5,7,9,11-12,14-15,24,28H,3,6,8,10,13,16-18H2,1-2H3. The molecule has 0 spiro atoms. The fraction of sp³-hybridized carbons (Fsp3) is 0.423. The second-order valence-electron chi connectivity index (χ2n) is 8.80. The third-order valence-electron chi connectivity index (χ3n) is 6.54. The van der Waals surface area contributed by atoms with E-state index in [2.05, 4.69) is 17.1 Å². The Morgan fingerprint density at radius 3 is 2.71 bits per heavy atom. The molecule has 3 aromatic rings. The van der Waals surface area contributed by atoms with Gasteiger partial charge < -0.3 is 10.5 Å². The van der Waals surface area contributed by atoms with Crippen LogP contribution in [0.2, 0.25) is 0 Å². The Hall–Kier alpha value is -3.10. The lowest BCUT2D eigenvalue weighted by Crippen LogP contribution is -2.39. The van der Waals surface area contributed by atoms with Crippen molar-refractivity contribution in [1.29, 1.82) is 0 Å². The molecule has 8 heteroatoms. The van der Waals surface area contributed by atoms with Crippen LogP contribution < -0.4 is 15.6 Å². The molecule has 1 unspecified atom stereocenters. The molecule has 4 rings (SSSR count). The quantitative estimate of drug-likeness (QED) is 0.368. The fourth-order valence-corrected chi connectivity index (χ4v) is 4.74. The molecule has 1 atom stereocenters. The second kappa shape index (κ2) is 10.9. The number of aromatic nitrogens is 3. The van der Waals surface area contributed by atoms with Crippen LogP contribution in [0.15, 0.2) is 53.6 Å². The van der Waals surface area contributed by atoms with E-state index < -0.39 is 0 Å². The number of hydrogen-bond donors (Lipinski definition) is 1. The average molecular weight is 466 g/mol. The number of fused-ring (bicyclic) bond motifs is 1. The monoisotopic (exact) mass is 465 g/mol. The molecule has 2 aromatic heterocycles. The van der Waals surface area contributed by atoms with Gasteiger partial charge in [0.25, 0.3) is 5.56 Å². The number of halogens is 1. The van der Waals surface area contributed by atoms with Gasteiger partial charge in [-0.25, -0.2) is 9.37 Å². The SMILES string of the molecule is CCC(c1nc2c(c(=O)n1Cc1ccccc1F)CCC2)N(CCNC)Cc1cc[n+]([O-])cc1. The first-order chi connectivity index (χ1) is 16.5. The second-order valence-corrected chi connectivity index (χ2v) is 8.80. The molecule has 1 aromatic carbocycles. The van der Waals surface area contributed by atoms with E-state index in [9.17, 15) is 14.4 Å². The predicted octanol–water partition coefficient (Wildman–Crippen LogP) is 2.73. The van der Waals surface area contributed by atoms with E-state index in [1.165, 1.54) is 18.5 Å². The Bertz CT molecular complexity index is 1180. The molecular weight excluding hydrogens is 433 g/mol. The van der Waals surface area contributed by atoms with Crippen molar-refractivity contribution in [2.24, 2.45) is 0 Å². The molecule has 0 saturated heterocycles. The van der Waals surface area contributed by atoms with Crippen molar-refractivity contribution < 1.29 is 9.12 Å². The third-order valence-corrected chi connectivity index (χ3v) is 6.54. The molecule has 1 aliphatic rings. The lowest BCUT2D eigenvalue weighted by Gasteiger charge is -2.32. The van der Waals surface area contributed by atoms with Gasteiger partial charge in [-0.2, -0.15) is 4.73 Å². The molecule has 0 amide bonds. The van der Waals surface area contributed by atoms with Crippen LogP contribution in [0.25, 0.3) is 0 Å². The third kappa shape index (κ3) is 5.18. The van der Waals surface area contributed by atoms with Gasteiger partial charge in [0.05, 0.1) is 18.3 Å². The summed E-state index contributed by atoms with van der Waals surface area (Å²) in [5.74, 6) is 0.360. The van der Waals surface area contributed by atoms with Gasteiger partial charge in [-0.05, 0) is 44.4 Å². The summed E-state index contributed by atoms with van der Waals surface area (Å²) >= 11 is 0. The molecule has 180 valence electrons. The molecule has 1 aliphatic carbocycles. The highest BCUT2D eigenvalue weighted by atomic mass is 19.1. The Labute approximate surface area is 199 Å². The summed E-state index contributed by atoms with van der Waals surface area (Å²) in [5, 5.41) is 14.7. The van der Waals surface area contributed by atoms with Crippen LogP contribution in [-0.2, 0) is 25.9 Å². The van der Waals surface area contributed by atoms with Crippen molar-refractivity contribution in [3.05, 3.63) is 98.4 Å². The molecule has 2 heterocycles. The normalized spacial score (nSPS) is 13.9. The van der Waals surface area contributed by atoms with Crippen LogP contribution in [0, 0.1) is 11.0 Å². The highest BCUT2D eigenvalue weighted by molar-refractivity contribution is 5.26. The number of aryl methyl sites for hydroxylation is 1. The molecule has 0 aliphatic heterocycles. The Morgan fingerprint density at radius 1 is 1.24 bits per heavy atom. The first-order valence-corrected chi connectivity index (χ1v) is 11.9. The molecule has 34 heavy (non-hydrogen) atoms. The van der Waals surface area contributed by atoms with Gasteiger partial charge in [0.1, 0.15) is 11.6 Å². The minimum absolute atomic E-state index is 0.0557. The maximum absolute atomic E-state index is 14.6. The van der Waals surface area contributed by atoms with Gasteiger partial charge in [-0.15, -0.1) is 0 Å². The maximum atomic E-state index is 14.6. The van der Waals surface area contributed by atoms with Crippen molar-refractivity contribution >= 4 is 0 Å². The maximum Gasteiger partial charge on any atom is 0.257 e. The molecule has 0 fully saturated rings. The lowest BCUT2D eigenvalue weighted by molar-refractivity contribution is -0.605. The number of benzene rings is 1. The summed E-state index contributed by atoms with van der Waals surface area (Å²) in [6, 6.07) is 10.1. The van der Waals surface area contributed by atoms with Crippen molar-refractivity contribution in [2.75, 3.05) is 20.1 Å².